The first-order chi connectivity index (χ1) is 14.7. The van der Waals surface area contributed by atoms with Gasteiger partial charge in [-0.1, -0.05) is 62.7 Å². The van der Waals surface area contributed by atoms with Crippen LogP contribution in [0.4, 0.5) is 4.79 Å². The van der Waals surface area contributed by atoms with Gasteiger partial charge in [0.2, 0.25) is 5.91 Å². The van der Waals surface area contributed by atoms with Crippen molar-refractivity contribution < 1.29 is 24.2 Å². The maximum absolute atomic E-state index is 13.3. The molecule has 3 atom stereocenters. The number of phenolic OH excluding ortho intramolecular Hbond substituents is 1. The normalized spacial score (nSPS) is 14.7. The minimum Gasteiger partial charge on any atom is -0.508 e. The molecule has 7 heteroatoms. The average Bonchev–Trinajstić information content (AvgIpc) is 2.79. The number of rotatable bonds is 9. The van der Waals surface area contributed by atoms with Crippen molar-refractivity contribution in [1.82, 2.24) is 4.90 Å². The first kappa shape index (κ1) is 24.1. The molecule has 2 aromatic carbocycles. The Hall–Kier alpha value is -3.19. The summed E-state index contributed by atoms with van der Waals surface area (Å²) in [5, 5.41) is 9.43. The summed E-state index contributed by atoms with van der Waals surface area (Å²) in [4.78, 5) is 39.3. The van der Waals surface area contributed by atoms with Crippen molar-refractivity contribution in [3.8, 4) is 5.75 Å². The molecule has 0 aromatic heterocycles. The lowest BCUT2D eigenvalue weighted by atomic mass is 9.84. The molecule has 0 heterocycles. The number of carbonyl (C=O) groups is 3. The lowest BCUT2D eigenvalue weighted by Gasteiger charge is -2.40. The van der Waals surface area contributed by atoms with Crippen LogP contribution in [0.3, 0.4) is 0 Å². The molecule has 0 saturated carbocycles. The lowest BCUT2D eigenvalue weighted by Crippen LogP contribution is -2.61. The highest BCUT2D eigenvalue weighted by Gasteiger charge is 2.45. The van der Waals surface area contributed by atoms with E-state index in [0.717, 1.165) is 10.5 Å². The lowest BCUT2D eigenvalue weighted by molar-refractivity contribution is -0.142. The summed E-state index contributed by atoms with van der Waals surface area (Å²) >= 11 is 0. The van der Waals surface area contributed by atoms with E-state index in [0.29, 0.717) is 18.3 Å². The van der Waals surface area contributed by atoms with Crippen molar-refractivity contribution in [1.29, 1.82) is 0 Å². The maximum Gasteiger partial charge on any atom is 0.417 e. The monoisotopic (exact) mass is 426 g/mol. The minimum atomic E-state index is -1.41. The third-order valence-electron chi connectivity index (χ3n) is 5.65. The van der Waals surface area contributed by atoms with E-state index in [9.17, 15) is 19.5 Å². The predicted octanol–water partition coefficient (Wildman–Crippen LogP) is 3.43. The van der Waals surface area contributed by atoms with Crippen LogP contribution >= 0.6 is 0 Å². The number of benzene rings is 2. The third kappa shape index (κ3) is 5.92. The summed E-state index contributed by atoms with van der Waals surface area (Å²) in [5.41, 5.74) is 6.21. The maximum atomic E-state index is 13.3. The molecule has 7 nitrogen and oxygen atoms in total. The number of aromatic hydroxyl groups is 1. The number of ether oxygens (including phenoxy) is 1. The van der Waals surface area contributed by atoms with Gasteiger partial charge in [0, 0.05) is 0 Å². The van der Waals surface area contributed by atoms with Crippen LogP contribution < -0.4 is 5.73 Å². The van der Waals surface area contributed by atoms with Gasteiger partial charge in [-0.3, -0.25) is 4.79 Å². The summed E-state index contributed by atoms with van der Waals surface area (Å²) in [6, 6.07) is 14.3. The zero-order valence-corrected chi connectivity index (χ0v) is 18.2. The summed E-state index contributed by atoms with van der Waals surface area (Å²) in [6.07, 6.45) is 0.399. The van der Waals surface area contributed by atoms with Crippen molar-refractivity contribution in [3.63, 3.8) is 0 Å². The van der Waals surface area contributed by atoms with Crippen LogP contribution in [0.5, 0.6) is 5.75 Å². The molecule has 3 N–H and O–H groups in total. The second-order valence-electron chi connectivity index (χ2n) is 7.84. The molecule has 2 amide bonds. The number of phenols is 1. The number of hydrogen-bond acceptors (Lipinski definition) is 6. The molecule has 0 aliphatic carbocycles. The first-order valence-corrected chi connectivity index (χ1v) is 10.3. The van der Waals surface area contributed by atoms with Crippen molar-refractivity contribution in [3.05, 3.63) is 65.7 Å². The fourth-order valence-corrected chi connectivity index (χ4v) is 3.25. The Kier molecular flexibility index (Phi) is 8.33. The van der Waals surface area contributed by atoms with Gasteiger partial charge in [0.15, 0.2) is 0 Å². The topological polar surface area (TPSA) is 110 Å². The highest BCUT2D eigenvalue weighted by molar-refractivity contribution is 5.99. The SMILES string of the molecule is CC[C@H](C)[C@@](C)(C=O)N(C(=O)OCc1ccccc1)C(=O)[C@@H](N)Cc1ccc(O)cc1. The predicted molar refractivity (Wildman–Crippen MR) is 117 cm³/mol. The highest BCUT2D eigenvalue weighted by Crippen LogP contribution is 2.28. The van der Waals surface area contributed by atoms with Crippen LogP contribution in [0.25, 0.3) is 0 Å². The largest absolute Gasteiger partial charge is 0.508 e. The van der Waals surface area contributed by atoms with Crippen LogP contribution in [0.15, 0.2) is 54.6 Å². The van der Waals surface area contributed by atoms with Gasteiger partial charge >= 0.3 is 6.09 Å². The summed E-state index contributed by atoms with van der Waals surface area (Å²) in [5.74, 6) is -0.903. The molecule has 0 bridgehead atoms. The third-order valence-corrected chi connectivity index (χ3v) is 5.65. The van der Waals surface area contributed by atoms with E-state index in [4.69, 9.17) is 10.5 Å². The van der Waals surface area contributed by atoms with Crippen molar-refractivity contribution in [2.75, 3.05) is 0 Å². The standard InChI is InChI=1S/C24H30N2O5/c1-4-17(2)24(3,16-27)26(23(30)31-15-19-8-6-5-7-9-19)22(29)21(25)14-18-10-12-20(28)13-11-18/h5-13,16-17,21,28H,4,14-15,25H2,1-3H3/t17-,21-,24+/m0/s1. The molecule has 2 rings (SSSR count). The molecule has 0 radical (unpaired) electrons. The number of nitrogens with two attached hydrogens (primary N) is 1. The van der Waals surface area contributed by atoms with E-state index in [-0.39, 0.29) is 24.7 Å². The smallest absolute Gasteiger partial charge is 0.417 e. The zero-order chi connectivity index (χ0) is 23.0. The Bertz CT molecular complexity index is 885. The van der Waals surface area contributed by atoms with E-state index < -0.39 is 23.6 Å². The summed E-state index contributed by atoms with van der Waals surface area (Å²) in [7, 11) is 0. The Morgan fingerprint density at radius 1 is 1.13 bits per heavy atom. The van der Waals surface area contributed by atoms with Crippen molar-refractivity contribution in [2.24, 2.45) is 11.7 Å². The van der Waals surface area contributed by atoms with Gasteiger partial charge in [-0.2, -0.15) is 0 Å². The highest BCUT2D eigenvalue weighted by atomic mass is 16.6. The quantitative estimate of drug-likeness (QED) is 0.595. The Labute approximate surface area is 182 Å². The van der Waals surface area contributed by atoms with E-state index in [1.54, 1.807) is 38.1 Å². The number of nitrogens with zero attached hydrogens (tertiary/aromatic N) is 1. The molecule has 0 saturated heterocycles. The number of carbonyl (C=O) groups excluding carboxylic acids is 3. The van der Waals surface area contributed by atoms with Crippen LogP contribution in [0.1, 0.15) is 38.3 Å². The van der Waals surface area contributed by atoms with E-state index in [1.807, 2.05) is 25.1 Å². The summed E-state index contributed by atoms with van der Waals surface area (Å²) in [6.45, 7) is 5.18. The number of aldehydes is 1. The molecule has 0 unspecified atom stereocenters. The van der Waals surface area contributed by atoms with Crippen LogP contribution in [-0.4, -0.2) is 39.9 Å². The first-order valence-electron chi connectivity index (χ1n) is 10.3. The molecule has 0 fully saturated rings. The van der Waals surface area contributed by atoms with Gasteiger partial charge in [0.05, 0.1) is 6.04 Å². The van der Waals surface area contributed by atoms with Crippen molar-refractivity contribution >= 4 is 18.3 Å². The van der Waals surface area contributed by atoms with E-state index >= 15 is 0 Å². The van der Waals surface area contributed by atoms with Gasteiger partial charge in [-0.05, 0) is 42.5 Å². The Morgan fingerprint density at radius 3 is 2.29 bits per heavy atom. The molecular weight excluding hydrogens is 396 g/mol. The van der Waals surface area contributed by atoms with Gasteiger partial charge in [0.1, 0.15) is 24.2 Å². The van der Waals surface area contributed by atoms with Crippen LogP contribution in [0, 0.1) is 5.92 Å². The molecule has 166 valence electrons. The molecule has 0 aliphatic heterocycles. The van der Waals surface area contributed by atoms with Gasteiger partial charge in [-0.25, -0.2) is 9.69 Å². The molecule has 0 spiro atoms. The zero-order valence-electron chi connectivity index (χ0n) is 18.2. The summed E-state index contributed by atoms with van der Waals surface area (Å²) < 4.78 is 5.39. The van der Waals surface area contributed by atoms with E-state index in [2.05, 4.69) is 0 Å². The Balaban J connectivity index is 2.28. The molecule has 0 aliphatic rings. The number of hydrogen-bond donors (Lipinski definition) is 2. The molecule has 2 aromatic rings. The van der Waals surface area contributed by atoms with Gasteiger partial charge in [-0.15, -0.1) is 0 Å². The Morgan fingerprint density at radius 2 is 1.74 bits per heavy atom. The fourth-order valence-electron chi connectivity index (χ4n) is 3.25. The average molecular weight is 427 g/mol. The van der Waals surface area contributed by atoms with Crippen LogP contribution in [0.2, 0.25) is 0 Å². The molecule has 31 heavy (non-hydrogen) atoms. The number of imide groups is 1. The van der Waals surface area contributed by atoms with Crippen LogP contribution in [-0.2, 0) is 27.4 Å². The second-order valence-corrected chi connectivity index (χ2v) is 7.84. The second kappa shape index (κ2) is 10.7. The molecular formula is C24H30N2O5. The van der Waals surface area contributed by atoms with Gasteiger partial charge < -0.3 is 20.4 Å². The number of amides is 2. The van der Waals surface area contributed by atoms with Crippen molar-refractivity contribution in [2.45, 2.75) is 51.8 Å². The van der Waals surface area contributed by atoms with E-state index in [1.165, 1.54) is 12.1 Å². The van der Waals surface area contributed by atoms with Gasteiger partial charge in [0.25, 0.3) is 0 Å². The minimum absolute atomic E-state index is 0.0356. The fraction of sp³-hybridized carbons (Fsp3) is 0.375.